The molecule has 2 atom stereocenters. The standard InChI is InChI=1S/C17H27N3O/c1-11(2)18-10-13-6-7-15-14(9-13)12(3)19-17(20-15)16-5-4-8-21-16/h11,13,16,18H,4-10H2,1-3H3. The monoisotopic (exact) mass is 289 g/mol. The molecule has 1 aliphatic carbocycles. The number of nitrogens with zero attached hydrogens (tertiary/aromatic N) is 2. The lowest BCUT2D eigenvalue weighted by Gasteiger charge is -2.26. The summed E-state index contributed by atoms with van der Waals surface area (Å²) in [6, 6.07) is 0.561. The maximum atomic E-state index is 5.74. The van der Waals surface area contributed by atoms with Crippen LogP contribution in [0, 0.1) is 12.8 Å². The van der Waals surface area contributed by atoms with Crippen LogP contribution in [0.15, 0.2) is 0 Å². The lowest BCUT2D eigenvalue weighted by molar-refractivity contribution is 0.104. The van der Waals surface area contributed by atoms with Gasteiger partial charge in [0.05, 0.1) is 0 Å². The largest absolute Gasteiger partial charge is 0.370 e. The Balaban J connectivity index is 1.74. The third-order valence-corrected chi connectivity index (χ3v) is 4.63. The first kappa shape index (κ1) is 14.9. The molecular formula is C17H27N3O. The molecule has 2 heterocycles. The summed E-state index contributed by atoms with van der Waals surface area (Å²) in [7, 11) is 0. The molecular weight excluding hydrogens is 262 g/mol. The highest BCUT2D eigenvalue weighted by Gasteiger charge is 2.26. The second kappa shape index (κ2) is 6.41. The van der Waals surface area contributed by atoms with Crippen LogP contribution in [-0.4, -0.2) is 29.2 Å². The minimum Gasteiger partial charge on any atom is -0.370 e. The molecule has 1 aromatic heterocycles. The Bertz CT molecular complexity index is 495. The zero-order valence-electron chi connectivity index (χ0n) is 13.5. The van der Waals surface area contributed by atoms with Crippen molar-refractivity contribution in [2.45, 2.75) is 65.0 Å². The normalized spacial score (nSPS) is 25.3. The van der Waals surface area contributed by atoms with Crippen molar-refractivity contribution in [3.05, 3.63) is 22.8 Å². The Morgan fingerprint density at radius 3 is 2.86 bits per heavy atom. The molecule has 1 saturated heterocycles. The van der Waals surface area contributed by atoms with Crippen LogP contribution in [0.5, 0.6) is 0 Å². The van der Waals surface area contributed by atoms with Crippen molar-refractivity contribution in [2.75, 3.05) is 13.2 Å². The minimum atomic E-state index is 0.134. The molecule has 3 rings (SSSR count). The average molecular weight is 289 g/mol. The molecule has 1 aliphatic heterocycles. The van der Waals surface area contributed by atoms with E-state index in [0.29, 0.717) is 6.04 Å². The summed E-state index contributed by atoms with van der Waals surface area (Å²) in [6.45, 7) is 8.51. The van der Waals surface area contributed by atoms with E-state index >= 15 is 0 Å². The Morgan fingerprint density at radius 2 is 2.14 bits per heavy atom. The fraction of sp³-hybridized carbons (Fsp3) is 0.765. The topological polar surface area (TPSA) is 47.0 Å². The second-order valence-electron chi connectivity index (χ2n) is 6.77. The van der Waals surface area contributed by atoms with Crippen LogP contribution in [0.4, 0.5) is 0 Å². The fourth-order valence-corrected chi connectivity index (χ4v) is 3.38. The first-order valence-electron chi connectivity index (χ1n) is 8.34. The van der Waals surface area contributed by atoms with Crippen molar-refractivity contribution >= 4 is 0 Å². The van der Waals surface area contributed by atoms with Crippen molar-refractivity contribution in [1.29, 1.82) is 0 Å². The number of hydrogen-bond acceptors (Lipinski definition) is 4. The molecule has 0 radical (unpaired) electrons. The minimum absolute atomic E-state index is 0.134. The molecule has 2 aliphatic rings. The molecule has 116 valence electrons. The Hall–Kier alpha value is -1.00. The van der Waals surface area contributed by atoms with Crippen molar-refractivity contribution in [1.82, 2.24) is 15.3 Å². The summed E-state index contributed by atoms with van der Waals surface area (Å²) in [4.78, 5) is 9.57. The van der Waals surface area contributed by atoms with E-state index in [9.17, 15) is 0 Å². The van der Waals surface area contributed by atoms with Gasteiger partial charge in [0.1, 0.15) is 6.10 Å². The number of nitrogens with one attached hydrogen (secondary N) is 1. The van der Waals surface area contributed by atoms with Gasteiger partial charge in [0.2, 0.25) is 0 Å². The van der Waals surface area contributed by atoms with Gasteiger partial charge in [-0.2, -0.15) is 0 Å². The molecule has 0 bridgehead atoms. The Labute approximate surface area is 127 Å². The van der Waals surface area contributed by atoms with Crippen LogP contribution in [0.25, 0.3) is 0 Å². The Kier molecular flexibility index (Phi) is 4.55. The van der Waals surface area contributed by atoms with E-state index < -0.39 is 0 Å². The number of aromatic nitrogens is 2. The fourth-order valence-electron chi connectivity index (χ4n) is 3.38. The van der Waals surface area contributed by atoms with Gasteiger partial charge in [-0.25, -0.2) is 9.97 Å². The summed E-state index contributed by atoms with van der Waals surface area (Å²) in [5.74, 6) is 1.64. The average Bonchev–Trinajstić information content (AvgIpc) is 2.99. The van der Waals surface area contributed by atoms with E-state index in [2.05, 4.69) is 26.1 Å². The van der Waals surface area contributed by atoms with E-state index in [0.717, 1.165) is 50.6 Å². The van der Waals surface area contributed by atoms with Gasteiger partial charge in [0.25, 0.3) is 0 Å². The highest BCUT2D eigenvalue weighted by atomic mass is 16.5. The van der Waals surface area contributed by atoms with Gasteiger partial charge in [-0.15, -0.1) is 0 Å². The quantitative estimate of drug-likeness (QED) is 0.926. The SMILES string of the molecule is Cc1nc(C2CCCO2)nc2c1CC(CNC(C)C)CC2. The molecule has 1 N–H and O–H groups in total. The van der Waals surface area contributed by atoms with Gasteiger partial charge in [-0.1, -0.05) is 13.8 Å². The summed E-state index contributed by atoms with van der Waals surface area (Å²) in [5, 5.41) is 3.56. The van der Waals surface area contributed by atoms with Crippen molar-refractivity contribution in [2.24, 2.45) is 5.92 Å². The van der Waals surface area contributed by atoms with E-state index in [-0.39, 0.29) is 6.10 Å². The number of ether oxygens (including phenoxy) is 1. The lowest BCUT2D eigenvalue weighted by atomic mass is 9.85. The molecule has 0 spiro atoms. The highest BCUT2D eigenvalue weighted by molar-refractivity contribution is 5.28. The van der Waals surface area contributed by atoms with E-state index in [4.69, 9.17) is 14.7 Å². The van der Waals surface area contributed by atoms with E-state index in [1.54, 1.807) is 0 Å². The second-order valence-corrected chi connectivity index (χ2v) is 6.77. The van der Waals surface area contributed by atoms with Gasteiger partial charge in [-0.3, -0.25) is 0 Å². The molecule has 0 saturated carbocycles. The molecule has 1 aromatic rings. The van der Waals surface area contributed by atoms with E-state index in [1.807, 2.05) is 0 Å². The highest BCUT2D eigenvalue weighted by Crippen LogP contribution is 2.30. The smallest absolute Gasteiger partial charge is 0.157 e. The van der Waals surface area contributed by atoms with Gasteiger partial charge < -0.3 is 10.1 Å². The van der Waals surface area contributed by atoms with Crippen LogP contribution >= 0.6 is 0 Å². The molecule has 4 heteroatoms. The van der Waals surface area contributed by atoms with Gasteiger partial charge >= 0.3 is 0 Å². The molecule has 1 fully saturated rings. The van der Waals surface area contributed by atoms with Crippen molar-refractivity contribution in [3.8, 4) is 0 Å². The molecule has 21 heavy (non-hydrogen) atoms. The lowest BCUT2D eigenvalue weighted by Crippen LogP contribution is -2.32. The maximum Gasteiger partial charge on any atom is 0.157 e. The number of rotatable bonds is 4. The summed E-state index contributed by atoms with van der Waals surface area (Å²) in [6.07, 6.45) is 5.77. The zero-order chi connectivity index (χ0) is 14.8. The first-order chi connectivity index (χ1) is 10.1. The van der Waals surface area contributed by atoms with Crippen LogP contribution in [0.2, 0.25) is 0 Å². The summed E-state index contributed by atoms with van der Waals surface area (Å²) in [5.41, 5.74) is 3.83. The van der Waals surface area contributed by atoms with E-state index in [1.165, 1.54) is 23.4 Å². The maximum absolute atomic E-state index is 5.74. The van der Waals surface area contributed by atoms with Gasteiger partial charge in [0, 0.05) is 24.0 Å². The third-order valence-electron chi connectivity index (χ3n) is 4.63. The number of hydrogen-bond donors (Lipinski definition) is 1. The van der Waals surface area contributed by atoms with Crippen LogP contribution < -0.4 is 5.32 Å². The third kappa shape index (κ3) is 3.43. The molecule has 4 nitrogen and oxygen atoms in total. The van der Waals surface area contributed by atoms with Crippen LogP contribution in [0.3, 0.4) is 0 Å². The summed E-state index contributed by atoms with van der Waals surface area (Å²) < 4.78 is 5.74. The van der Waals surface area contributed by atoms with Crippen molar-refractivity contribution < 1.29 is 4.74 Å². The predicted molar refractivity (Wildman–Crippen MR) is 83.3 cm³/mol. The molecule has 0 amide bonds. The Morgan fingerprint density at radius 1 is 1.29 bits per heavy atom. The number of aryl methyl sites for hydroxylation is 2. The van der Waals surface area contributed by atoms with Gasteiger partial charge in [-0.05, 0) is 57.1 Å². The summed E-state index contributed by atoms with van der Waals surface area (Å²) >= 11 is 0. The molecule has 0 aromatic carbocycles. The zero-order valence-corrected chi connectivity index (χ0v) is 13.5. The number of fused-ring (bicyclic) bond motifs is 1. The first-order valence-corrected chi connectivity index (χ1v) is 8.34. The van der Waals surface area contributed by atoms with Crippen LogP contribution in [-0.2, 0) is 17.6 Å². The van der Waals surface area contributed by atoms with Gasteiger partial charge in [0.15, 0.2) is 5.82 Å². The predicted octanol–water partition coefficient (Wildman–Crippen LogP) is 2.74. The van der Waals surface area contributed by atoms with Crippen molar-refractivity contribution in [3.63, 3.8) is 0 Å². The van der Waals surface area contributed by atoms with Crippen LogP contribution in [0.1, 0.15) is 62.0 Å². The molecule has 2 unspecified atom stereocenters.